The fourth-order valence-electron chi connectivity index (χ4n) is 1.28. The van der Waals surface area contributed by atoms with Gasteiger partial charge in [0.25, 0.3) is 0 Å². The van der Waals surface area contributed by atoms with Crippen molar-refractivity contribution in [2.45, 2.75) is 6.42 Å². The van der Waals surface area contributed by atoms with E-state index in [0.29, 0.717) is 23.1 Å². The Morgan fingerprint density at radius 3 is 2.00 bits per heavy atom. The lowest BCUT2D eigenvalue weighted by atomic mass is 9.99. The molecule has 2 nitrogen and oxygen atoms in total. The fraction of sp³-hybridized carbons (Fsp3) is 0.400. The van der Waals surface area contributed by atoms with Crippen LogP contribution in [0.1, 0.15) is 5.56 Å². The second kappa shape index (κ2) is 5.56. The van der Waals surface area contributed by atoms with Gasteiger partial charge in [-0.3, -0.25) is 0 Å². The van der Waals surface area contributed by atoms with Crippen molar-refractivity contribution in [2.24, 2.45) is 17.4 Å². The smallest absolute Gasteiger partial charge is 0.0452 e. The Morgan fingerprint density at radius 2 is 1.57 bits per heavy atom. The number of rotatable bonds is 4. The molecule has 0 heterocycles. The van der Waals surface area contributed by atoms with Crippen LogP contribution in [0.25, 0.3) is 0 Å². The molecule has 0 aliphatic rings. The van der Waals surface area contributed by atoms with Crippen molar-refractivity contribution >= 4 is 23.2 Å². The first-order valence-corrected chi connectivity index (χ1v) is 5.27. The van der Waals surface area contributed by atoms with Crippen molar-refractivity contribution in [1.29, 1.82) is 0 Å². The Kier molecular flexibility index (Phi) is 4.69. The molecule has 4 heteroatoms. The summed E-state index contributed by atoms with van der Waals surface area (Å²) in [6.07, 6.45) is 0.742. The van der Waals surface area contributed by atoms with Crippen molar-refractivity contribution < 1.29 is 0 Å². The van der Waals surface area contributed by atoms with E-state index in [1.54, 1.807) is 0 Å². The molecule has 1 aromatic rings. The van der Waals surface area contributed by atoms with Gasteiger partial charge in [0.15, 0.2) is 0 Å². The summed E-state index contributed by atoms with van der Waals surface area (Å²) in [7, 11) is 0. The van der Waals surface area contributed by atoms with Gasteiger partial charge in [0.1, 0.15) is 0 Å². The standard InChI is InChI=1S/C10H14Cl2N2/c11-9-2-1-3-10(12)8(9)4-7(5-13)6-14/h1-3,7H,4-6,13-14H2. The Morgan fingerprint density at radius 1 is 1.07 bits per heavy atom. The van der Waals surface area contributed by atoms with Crippen LogP contribution in [0, 0.1) is 5.92 Å². The molecule has 0 aliphatic heterocycles. The van der Waals surface area contributed by atoms with Gasteiger partial charge in [0.05, 0.1) is 0 Å². The molecule has 0 unspecified atom stereocenters. The molecule has 0 spiro atoms. The molecule has 14 heavy (non-hydrogen) atoms. The number of benzene rings is 1. The van der Waals surface area contributed by atoms with Crippen molar-refractivity contribution in [3.8, 4) is 0 Å². The van der Waals surface area contributed by atoms with Crippen LogP contribution < -0.4 is 11.5 Å². The Bertz CT molecular complexity index is 278. The van der Waals surface area contributed by atoms with E-state index in [2.05, 4.69) is 0 Å². The molecule has 0 saturated carbocycles. The molecule has 0 fully saturated rings. The van der Waals surface area contributed by atoms with Crippen molar-refractivity contribution in [1.82, 2.24) is 0 Å². The predicted octanol–water partition coefficient (Wildman–Crippen LogP) is 2.07. The molecule has 1 rings (SSSR count). The summed E-state index contributed by atoms with van der Waals surface area (Å²) in [6, 6.07) is 5.48. The molecule has 0 saturated heterocycles. The summed E-state index contributed by atoms with van der Waals surface area (Å²) in [5.41, 5.74) is 12.1. The van der Waals surface area contributed by atoms with Gasteiger partial charge >= 0.3 is 0 Å². The van der Waals surface area contributed by atoms with Crippen LogP contribution in [-0.2, 0) is 6.42 Å². The van der Waals surface area contributed by atoms with E-state index in [1.165, 1.54) is 0 Å². The average Bonchev–Trinajstić information content (AvgIpc) is 2.18. The zero-order chi connectivity index (χ0) is 10.6. The average molecular weight is 233 g/mol. The minimum absolute atomic E-state index is 0.243. The van der Waals surface area contributed by atoms with Crippen LogP contribution in [0.3, 0.4) is 0 Å². The third-order valence-corrected chi connectivity index (χ3v) is 2.93. The molecule has 78 valence electrons. The second-order valence-corrected chi connectivity index (χ2v) is 4.06. The van der Waals surface area contributed by atoms with Crippen molar-refractivity contribution in [3.63, 3.8) is 0 Å². The van der Waals surface area contributed by atoms with E-state index in [-0.39, 0.29) is 5.92 Å². The predicted molar refractivity (Wildman–Crippen MR) is 61.8 cm³/mol. The zero-order valence-electron chi connectivity index (χ0n) is 7.84. The third kappa shape index (κ3) is 2.85. The highest BCUT2D eigenvalue weighted by atomic mass is 35.5. The van der Waals surface area contributed by atoms with E-state index >= 15 is 0 Å². The fourth-order valence-corrected chi connectivity index (χ4v) is 1.83. The Balaban J connectivity index is 2.84. The maximum atomic E-state index is 6.02. The minimum atomic E-state index is 0.243. The number of nitrogens with two attached hydrogens (primary N) is 2. The van der Waals surface area contributed by atoms with Crippen LogP contribution in [0.4, 0.5) is 0 Å². The first-order valence-electron chi connectivity index (χ1n) is 4.52. The van der Waals surface area contributed by atoms with Gasteiger partial charge in [-0.1, -0.05) is 29.3 Å². The van der Waals surface area contributed by atoms with Gasteiger partial charge < -0.3 is 11.5 Å². The molecule has 0 radical (unpaired) electrons. The third-order valence-electron chi connectivity index (χ3n) is 2.22. The van der Waals surface area contributed by atoms with Gasteiger partial charge in [-0.15, -0.1) is 0 Å². The van der Waals surface area contributed by atoms with E-state index in [9.17, 15) is 0 Å². The molecule has 0 aromatic heterocycles. The van der Waals surface area contributed by atoms with E-state index < -0.39 is 0 Å². The molecule has 4 N–H and O–H groups in total. The maximum absolute atomic E-state index is 6.02. The first kappa shape index (κ1) is 11.8. The van der Waals surface area contributed by atoms with Crippen molar-refractivity contribution in [3.05, 3.63) is 33.8 Å². The minimum Gasteiger partial charge on any atom is -0.330 e. The zero-order valence-corrected chi connectivity index (χ0v) is 9.35. The monoisotopic (exact) mass is 232 g/mol. The van der Waals surface area contributed by atoms with Gasteiger partial charge in [-0.2, -0.15) is 0 Å². The molecular formula is C10H14Cl2N2. The summed E-state index contributed by atoms with van der Waals surface area (Å²) in [6.45, 7) is 1.11. The van der Waals surface area contributed by atoms with Crippen LogP contribution >= 0.6 is 23.2 Å². The van der Waals surface area contributed by atoms with Crippen LogP contribution in [0.5, 0.6) is 0 Å². The Hall–Kier alpha value is -0.280. The molecule has 1 aromatic carbocycles. The quantitative estimate of drug-likeness (QED) is 0.836. The SMILES string of the molecule is NCC(CN)Cc1c(Cl)cccc1Cl. The van der Waals surface area contributed by atoms with Gasteiger partial charge in [-0.25, -0.2) is 0 Å². The lowest BCUT2D eigenvalue weighted by Crippen LogP contribution is -2.25. The highest BCUT2D eigenvalue weighted by Gasteiger charge is 2.11. The molecule has 0 bridgehead atoms. The lowest BCUT2D eigenvalue weighted by Gasteiger charge is -2.14. The van der Waals surface area contributed by atoms with Gasteiger partial charge in [0, 0.05) is 10.0 Å². The Labute approximate surface area is 94.2 Å². The van der Waals surface area contributed by atoms with E-state index in [0.717, 1.165) is 12.0 Å². The molecule has 0 atom stereocenters. The largest absolute Gasteiger partial charge is 0.330 e. The molecular weight excluding hydrogens is 219 g/mol. The lowest BCUT2D eigenvalue weighted by molar-refractivity contribution is 0.548. The summed E-state index contributed by atoms with van der Waals surface area (Å²) < 4.78 is 0. The molecule has 0 amide bonds. The number of hydrogen-bond acceptors (Lipinski definition) is 2. The number of hydrogen-bond donors (Lipinski definition) is 2. The highest BCUT2D eigenvalue weighted by Crippen LogP contribution is 2.26. The first-order chi connectivity index (χ1) is 6.69. The summed E-state index contributed by atoms with van der Waals surface area (Å²) in [5.74, 6) is 0.243. The van der Waals surface area contributed by atoms with Crippen LogP contribution in [0.2, 0.25) is 10.0 Å². The van der Waals surface area contributed by atoms with E-state index in [1.807, 2.05) is 18.2 Å². The van der Waals surface area contributed by atoms with Crippen LogP contribution in [-0.4, -0.2) is 13.1 Å². The van der Waals surface area contributed by atoms with Gasteiger partial charge in [-0.05, 0) is 43.1 Å². The summed E-state index contributed by atoms with van der Waals surface area (Å²) in [4.78, 5) is 0. The van der Waals surface area contributed by atoms with Crippen molar-refractivity contribution in [2.75, 3.05) is 13.1 Å². The van der Waals surface area contributed by atoms with Gasteiger partial charge in [0.2, 0.25) is 0 Å². The summed E-state index contributed by atoms with van der Waals surface area (Å²) >= 11 is 12.0. The van der Waals surface area contributed by atoms with Crippen LogP contribution in [0.15, 0.2) is 18.2 Å². The number of halogens is 2. The second-order valence-electron chi connectivity index (χ2n) is 3.24. The molecule has 0 aliphatic carbocycles. The summed E-state index contributed by atoms with van der Waals surface area (Å²) in [5, 5.41) is 1.37. The highest BCUT2D eigenvalue weighted by molar-refractivity contribution is 6.35. The normalized spacial score (nSPS) is 10.9. The van der Waals surface area contributed by atoms with E-state index in [4.69, 9.17) is 34.7 Å². The maximum Gasteiger partial charge on any atom is 0.0452 e. The topological polar surface area (TPSA) is 52.0 Å².